The van der Waals surface area contributed by atoms with Crippen molar-refractivity contribution in [3.05, 3.63) is 29.3 Å². The molecule has 0 fully saturated rings. The number of carbonyl (C=O) groups excluding carboxylic acids is 1. The third-order valence-electron chi connectivity index (χ3n) is 2.61. The normalized spacial score (nSPS) is 11.9. The molecule has 0 unspecified atom stereocenters. The molecule has 0 aromatic heterocycles. The predicted octanol–water partition coefficient (Wildman–Crippen LogP) is 1.89. The summed E-state index contributed by atoms with van der Waals surface area (Å²) in [5, 5.41) is 9.42. The second-order valence-electron chi connectivity index (χ2n) is 4.19. The first-order chi connectivity index (χ1) is 8.95. The van der Waals surface area contributed by atoms with Gasteiger partial charge in [0.25, 0.3) is 0 Å². The zero-order chi connectivity index (χ0) is 14.4. The van der Waals surface area contributed by atoms with Crippen LogP contribution in [0.25, 0.3) is 0 Å². The van der Waals surface area contributed by atoms with E-state index in [1.54, 1.807) is 24.3 Å². The molecule has 1 aromatic rings. The van der Waals surface area contributed by atoms with E-state index in [2.05, 4.69) is 0 Å². The molecule has 0 aliphatic heterocycles. The molecule has 0 saturated carbocycles. The minimum absolute atomic E-state index is 0.397. The number of nitrogens with two attached hydrogens (primary N) is 1. The number of hydrogen-bond donors (Lipinski definition) is 2. The fourth-order valence-electron chi connectivity index (χ4n) is 1.69. The Hall–Kier alpha value is -1.59. The number of carboxylic acids is 1. The van der Waals surface area contributed by atoms with E-state index >= 15 is 0 Å². The van der Waals surface area contributed by atoms with Gasteiger partial charge >= 0.3 is 5.97 Å². The first-order valence-electron chi connectivity index (χ1n) is 6.00. The SMILES string of the molecule is CCC[C@@H](N)C(=O)N(CC(=O)O)c1ccc(Cl)cc1. The molecule has 6 heteroatoms. The van der Waals surface area contributed by atoms with Gasteiger partial charge in [-0.1, -0.05) is 24.9 Å². The summed E-state index contributed by atoms with van der Waals surface area (Å²) in [4.78, 5) is 24.2. The van der Waals surface area contributed by atoms with Crippen LogP contribution in [0.1, 0.15) is 19.8 Å². The zero-order valence-electron chi connectivity index (χ0n) is 10.7. The van der Waals surface area contributed by atoms with Crippen LogP contribution in [-0.4, -0.2) is 29.6 Å². The second-order valence-corrected chi connectivity index (χ2v) is 4.63. The van der Waals surface area contributed by atoms with Crippen LogP contribution in [0.4, 0.5) is 5.69 Å². The third-order valence-corrected chi connectivity index (χ3v) is 2.87. The highest BCUT2D eigenvalue weighted by Gasteiger charge is 2.23. The minimum atomic E-state index is -1.09. The molecule has 19 heavy (non-hydrogen) atoms. The van der Waals surface area contributed by atoms with Gasteiger partial charge in [0.2, 0.25) is 5.91 Å². The smallest absolute Gasteiger partial charge is 0.323 e. The molecule has 0 aliphatic rings. The first-order valence-corrected chi connectivity index (χ1v) is 6.37. The Morgan fingerprint density at radius 3 is 2.42 bits per heavy atom. The van der Waals surface area contributed by atoms with Gasteiger partial charge in [-0.05, 0) is 30.7 Å². The molecule has 0 heterocycles. The van der Waals surface area contributed by atoms with Crippen molar-refractivity contribution < 1.29 is 14.7 Å². The Bertz CT molecular complexity index is 448. The van der Waals surface area contributed by atoms with E-state index in [0.29, 0.717) is 17.1 Å². The highest BCUT2D eigenvalue weighted by molar-refractivity contribution is 6.30. The van der Waals surface area contributed by atoms with Crippen LogP contribution in [0.15, 0.2) is 24.3 Å². The third kappa shape index (κ3) is 4.54. The van der Waals surface area contributed by atoms with Crippen molar-refractivity contribution in [2.75, 3.05) is 11.4 Å². The summed E-state index contributed by atoms with van der Waals surface area (Å²) in [6.45, 7) is 1.49. The van der Waals surface area contributed by atoms with Crippen molar-refractivity contribution in [3.8, 4) is 0 Å². The van der Waals surface area contributed by atoms with Gasteiger partial charge in [-0.2, -0.15) is 0 Å². The topological polar surface area (TPSA) is 83.6 Å². The van der Waals surface area contributed by atoms with E-state index in [-0.39, 0.29) is 0 Å². The van der Waals surface area contributed by atoms with Crippen molar-refractivity contribution in [2.24, 2.45) is 5.73 Å². The Morgan fingerprint density at radius 1 is 1.37 bits per heavy atom. The largest absolute Gasteiger partial charge is 0.480 e. The van der Waals surface area contributed by atoms with Crippen LogP contribution < -0.4 is 10.6 Å². The van der Waals surface area contributed by atoms with Gasteiger partial charge in [0, 0.05) is 10.7 Å². The molecule has 0 aliphatic carbocycles. The first kappa shape index (κ1) is 15.5. The number of hydrogen-bond acceptors (Lipinski definition) is 3. The highest BCUT2D eigenvalue weighted by Crippen LogP contribution is 2.19. The standard InChI is InChI=1S/C13H17ClN2O3/c1-2-3-11(15)13(19)16(8-12(17)18)10-6-4-9(14)5-7-10/h4-7,11H,2-3,8,15H2,1H3,(H,17,18)/t11-/m1/s1. The summed E-state index contributed by atoms with van der Waals surface area (Å²) in [6, 6.07) is 5.71. The van der Waals surface area contributed by atoms with Gasteiger partial charge < -0.3 is 10.8 Å². The van der Waals surface area contributed by atoms with Crippen LogP contribution in [0.3, 0.4) is 0 Å². The van der Waals surface area contributed by atoms with Gasteiger partial charge in [-0.15, -0.1) is 0 Å². The molecule has 1 amide bonds. The molecule has 3 N–H and O–H groups in total. The second kappa shape index (κ2) is 7.11. The lowest BCUT2D eigenvalue weighted by atomic mass is 10.1. The van der Waals surface area contributed by atoms with E-state index in [1.165, 1.54) is 4.90 Å². The molecule has 104 valence electrons. The Morgan fingerprint density at radius 2 is 1.95 bits per heavy atom. The summed E-state index contributed by atoms with van der Waals surface area (Å²) in [5.41, 5.74) is 6.24. The van der Waals surface area contributed by atoms with Crippen molar-refractivity contribution in [1.29, 1.82) is 0 Å². The summed E-state index contributed by atoms with van der Waals surface area (Å²) in [7, 11) is 0. The quantitative estimate of drug-likeness (QED) is 0.835. The predicted molar refractivity (Wildman–Crippen MR) is 74.3 cm³/mol. The number of carboxylic acid groups (broad SMARTS) is 1. The number of rotatable bonds is 6. The monoisotopic (exact) mass is 284 g/mol. The summed E-state index contributed by atoms with van der Waals surface area (Å²) >= 11 is 5.77. The van der Waals surface area contributed by atoms with Crippen LogP contribution in [0, 0.1) is 0 Å². The Balaban J connectivity index is 2.97. The molecule has 1 atom stereocenters. The van der Waals surface area contributed by atoms with Crippen molar-refractivity contribution in [2.45, 2.75) is 25.8 Å². The average molecular weight is 285 g/mol. The number of carbonyl (C=O) groups is 2. The fourth-order valence-corrected chi connectivity index (χ4v) is 1.81. The van der Waals surface area contributed by atoms with Gasteiger partial charge in [-0.25, -0.2) is 0 Å². The molecule has 5 nitrogen and oxygen atoms in total. The minimum Gasteiger partial charge on any atom is -0.480 e. The lowest BCUT2D eigenvalue weighted by Crippen LogP contribution is -2.46. The van der Waals surface area contributed by atoms with E-state index in [1.807, 2.05) is 6.92 Å². The molecule has 0 radical (unpaired) electrons. The summed E-state index contributed by atoms with van der Waals surface area (Å²) < 4.78 is 0. The molecule has 0 saturated heterocycles. The van der Waals surface area contributed by atoms with Crippen molar-refractivity contribution in [1.82, 2.24) is 0 Å². The van der Waals surface area contributed by atoms with E-state index in [9.17, 15) is 9.59 Å². The van der Waals surface area contributed by atoms with Gasteiger partial charge in [0.05, 0.1) is 6.04 Å². The van der Waals surface area contributed by atoms with Gasteiger partial charge in [0.1, 0.15) is 6.54 Å². The van der Waals surface area contributed by atoms with E-state index in [0.717, 1.165) is 6.42 Å². The van der Waals surface area contributed by atoms with Crippen LogP contribution in [0.2, 0.25) is 5.02 Å². The summed E-state index contributed by atoms with van der Waals surface area (Å²) in [6.07, 6.45) is 1.27. The maximum atomic E-state index is 12.2. The Kier molecular flexibility index (Phi) is 5.79. The van der Waals surface area contributed by atoms with Crippen molar-refractivity contribution in [3.63, 3.8) is 0 Å². The number of aliphatic carboxylic acids is 1. The van der Waals surface area contributed by atoms with E-state index in [4.69, 9.17) is 22.4 Å². The number of benzene rings is 1. The number of nitrogens with zero attached hydrogens (tertiary/aromatic N) is 1. The van der Waals surface area contributed by atoms with Crippen LogP contribution in [0.5, 0.6) is 0 Å². The molecular formula is C13H17ClN2O3. The van der Waals surface area contributed by atoms with Crippen LogP contribution >= 0.6 is 11.6 Å². The van der Waals surface area contributed by atoms with Crippen LogP contribution in [-0.2, 0) is 9.59 Å². The zero-order valence-corrected chi connectivity index (χ0v) is 11.4. The van der Waals surface area contributed by atoms with E-state index < -0.39 is 24.5 Å². The maximum Gasteiger partial charge on any atom is 0.323 e. The fraction of sp³-hybridized carbons (Fsp3) is 0.385. The molecular weight excluding hydrogens is 268 g/mol. The van der Waals surface area contributed by atoms with Crippen molar-refractivity contribution >= 4 is 29.2 Å². The molecule has 1 rings (SSSR count). The lowest BCUT2D eigenvalue weighted by Gasteiger charge is -2.24. The molecule has 1 aromatic carbocycles. The number of amides is 1. The van der Waals surface area contributed by atoms with Gasteiger partial charge in [0.15, 0.2) is 0 Å². The molecule has 0 bridgehead atoms. The Labute approximate surface area is 117 Å². The maximum absolute atomic E-state index is 12.2. The average Bonchev–Trinajstić information content (AvgIpc) is 2.36. The number of anilines is 1. The molecule has 0 spiro atoms. The summed E-state index contributed by atoms with van der Waals surface area (Å²) in [5.74, 6) is -1.49. The number of halogens is 1. The highest BCUT2D eigenvalue weighted by atomic mass is 35.5. The lowest BCUT2D eigenvalue weighted by molar-refractivity contribution is -0.136. The van der Waals surface area contributed by atoms with Gasteiger partial charge in [-0.3, -0.25) is 14.5 Å².